The molecule has 39 heavy (non-hydrogen) atoms. The van der Waals surface area contributed by atoms with Crippen LogP contribution in [0.1, 0.15) is 29.9 Å². The molecule has 0 unspecified atom stereocenters. The summed E-state index contributed by atoms with van der Waals surface area (Å²) in [5.41, 5.74) is 0.811. The quantitative estimate of drug-likeness (QED) is 0.341. The number of hydrogen-bond acceptors (Lipinski definition) is 8. The van der Waals surface area contributed by atoms with Gasteiger partial charge in [0.05, 0.1) is 35.2 Å². The highest BCUT2D eigenvalue weighted by Crippen LogP contribution is 2.40. The second-order valence-electron chi connectivity index (χ2n) is 8.77. The van der Waals surface area contributed by atoms with Crippen LogP contribution in [0.2, 0.25) is 5.02 Å². The Bertz CT molecular complexity index is 1480. The van der Waals surface area contributed by atoms with E-state index in [1.54, 1.807) is 6.07 Å². The Hall–Kier alpha value is -3.60. The highest BCUT2D eigenvalue weighted by atomic mass is 35.5. The van der Waals surface area contributed by atoms with Gasteiger partial charge in [0, 0.05) is 17.6 Å². The van der Waals surface area contributed by atoms with Gasteiger partial charge in [0.25, 0.3) is 0 Å². The Balaban J connectivity index is 1.51. The number of anilines is 2. The van der Waals surface area contributed by atoms with Gasteiger partial charge >= 0.3 is 6.18 Å². The van der Waals surface area contributed by atoms with Crippen LogP contribution in [-0.2, 0) is 23.2 Å². The maximum absolute atomic E-state index is 13.5. The van der Waals surface area contributed by atoms with Crippen molar-refractivity contribution >= 4 is 33.0 Å². The van der Waals surface area contributed by atoms with Gasteiger partial charge in [-0.3, -0.25) is 0 Å². The van der Waals surface area contributed by atoms with Gasteiger partial charge in [-0.05, 0) is 55.3 Å². The predicted molar refractivity (Wildman–Crippen MR) is 137 cm³/mol. The molecule has 14 heteroatoms. The summed E-state index contributed by atoms with van der Waals surface area (Å²) >= 11 is 6.32. The lowest BCUT2D eigenvalue weighted by molar-refractivity contribution is -0.118. The van der Waals surface area contributed by atoms with E-state index >= 15 is 0 Å². The summed E-state index contributed by atoms with van der Waals surface area (Å²) in [5, 5.41) is 9.63. The molecule has 9 nitrogen and oxygen atoms in total. The van der Waals surface area contributed by atoms with Crippen LogP contribution in [0.15, 0.2) is 48.7 Å². The van der Waals surface area contributed by atoms with Crippen molar-refractivity contribution in [2.45, 2.75) is 38.3 Å². The molecule has 4 rings (SSSR count). The molecule has 1 fully saturated rings. The molecule has 0 amide bonds. The van der Waals surface area contributed by atoms with Crippen LogP contribution in [0.3, 0.4) is 0 Å². The fourth-order valence-electron chi connectivity index (χ4n) is 3.48. The lowest BCUT2D eigenvalue weighted by atomic mass is 10.1. The average Bonchev–Trinajstić information content (AvgIpc) is 3.70. The Kier molecular flexibility index (Phi) is 8.48. The summed E-state index contributed by atoms with van der Waals surface area (Å²) in [6, 6.07) is 12.1. The Morgan fingerprint density at radius 1 is 1.18 bits per heavy atom. The summed E-state index contributed by atoms with van der Waals surface area (Å²) in [5.74, 6) is 0.786. The summed E-state index contributed by atoms with van der Waals surface area (Å²) < 4.78 is 76.8. The molecule has 0 saturated heterocycles. The molecule has 1 aliphatic rings. The van der Waals surface area contributed by atoms with Crippen molar-refractivity contribution in [3.05, 3.63) is 70.8 Å². The van der Waals surface area contributed by atoms with Crippen LogP contribution in [0.25, 0.3) is 0 Å². The maximum Gasteiger partial charge on any atom is 0.406 e. The van der Waals surface area contributed by atoms with Gasteiger partial charge in [-0.15, -0.1) is 0 Å². The van der Waals surface area contributed by atoms with Crippen molar-refractivity contribution in [3.8, 4) is 17.6 Å². The smallest absolute Gasteiger partial charge is 0.406 e. The van der Waals surface area contributed by atoms with Crippen molar-refractivity contribution < 1.29 is 31.1 Å². The van der Waals surface area contributed by atoms with Gasteiger partial charge in [0.2, 0.25) is 10.0 Å². The van der Waals surface area contributed by atoms with E-state index in [4.69, 9.17) is 21.1 Å². The van der Waals surface area contributed by atoms with Crippen molar-refractivity contribution in [1.82, 2.24) is 14.7 Å². The van der Waals surface area contributed by atoms with Gasteiger partial charge < -0.3 is 14.4 Å². The first-order valence-corrected chi connectivity index (χ1v) is 13.9. The zero-order valence-corrected chi connectivity index (χ0v) is 22.1. The predicted octanol–water partition coefficient (Wildman–Crippen LogP) is 4.87. The molecule has 2 aromatic carbocycles. The zero-order chi connectivity index (χ0) is 28.2. The van der Waals surface area contributed by atoms with Crippen molar-refractivity contribution in [2.24, 2.45) is 0 Å². The monoisotopic (exact) mass is 581 g/mol. The van der Waals surface area contributed by atoms with E-state index in [1.165, 1.54) is 42.6 Å². The molecule has 1 saturated carbocycles. The van der Waals surface area contributed by atoms with E-state index in [9.17, 15) is 26.9 Å². The van der Waals surface area contributed by atoms with Crippen LogP contribution in [-0.4, -0.2) is 43.5 Å². The molecule has 3 aromatic rings. The van der Waals surface area contributed by atoms with E-state index in [0.29, 0.717) is 11.4 Å². The second kappa shape index (κ2) is 11.6. The number of alkyl halides is 3. The first-order chi connectivity index (χ1) is 18.4. The minimum absolute atomic E-state index is 0.0175. The van der Waals surface area contributed by atoms with E-state index in [1.807, 2.05) is 6.07 Å². The number of benzene rings is 2. The molecule has 1 aliphatic carbocycles. The molecule has 0 bridgehead atoms. The van der Waals surface area contributed by atoms with Crippen LogP contribution in [0.4, 0.5) is 24.5 Å². The van der Waals surface area contributed by atoms with Crippen LogP contribution in [0.5, 0.6) is 11.5 Å². The van der Waals surface area contributed by atoms with E-state index < -0.39 is 22.7 Å². The molecular formula is C25H23ClF3N5O4S. The topological polar surface area (TPSA) is 117 Å². The second-order valence-corrected chi connectivity index (χ2v) is 11.0. The van der Waals surface area contributed by atoms with Crippen molar-refractivity contribution in [1.29, 1.82) is 5.26 Å². The number of aromatic nitrogens is 2. The largest absolute Gasteiger partial charge is 0.487 e. The lowest BCUT2D eigenvalue weighted by Crippen LogP contribution is -2.30. The molecule has 1 N–H and O–H groups in total. The number of nitriles is 1. The number of hydrogen-bond donors (Lipinski definition) is 1. The molecule has 0 atom stereocenters. The third-order valence-electron chi connectivity index (χ3n) is 5.40. The first-order valence-electron chi connectivity index (χ1n) is 11.6. The minimum atomic E-state index is -4.55. The molecule has 0 radical (unpaired) electrons. The highest BCUT2D eigenvalue weighted by molar-refractivity contribution is 7.88. The number of ether oxygens (including phenoxy) is 2. The first kappa shape index (κ1) is 28.4. The number of nitrogens with one attached hydrogen (secondary N) is 1. The fourth-order valence-corrected chi connectivity index (χ4v) is 4.13. The summed E-state index contributed by atoms with van der Waals surface area (Å²) in [6.45, 7) is -1.38. The van der Waals surface area contributed by atoms with Gasteiger partial charge in [0.1, 0.15) is 30.8 Å². The third-order valence-corrected chi connectivity index (χ3v) is 6.35. The standard InChI is InChI=1S/C25H23ClF3N5O4S/c1-39(35,36)32-13-23-31-9-8-17(33-23)14-37-20-4-2-18(3-5-20)34(15-25(27,28)29)19-10-16(12-30)24(22(26)11-19)38-21-6-7-21/h2-5,8-11,21,32H,6-7,13-15H2,1H3. The average molecular weight is 582 g/mol. The highest BCUT2D eigenvalue weighted by Gasteiger charge is 2.33. The van der Waals surface area contributed by atoms with Gasteiger partial charge in [0.15, 0.2) is 5.75 Å². The number of nitrogens with zero attached hydrogens (tertiary/aromatic N) is 4. The minimum Gasteiger partial charge on any atom is -0.487 e. The molecule has 1 heterocycles. The Morgan fingerprint density at radius 3 is 2.51 bits per heavy atom. The normalized spacial score (nSPS) is 13.5. The lowest BCUT2D eigenvalue weighted by Gasteiger charge is -2.27. The van der Waals surface area contributed by atoms with Gasteiger partial charge in [-0.2, -0.15) is 18.4 Å². The third kappa shape index (κ3) is 8.44. The summed E-state index contributed by atoms with van der Waals surface area (Å²) in [4.78, 5) is 9.23. The number of sulfonamides is 1. The van der Waals surface area contributed by atoms with Gasteiger partial charge in [-0.1, -0.05) is 11.6 Å². The van der Waals surface area contributed by atoms with E-state index in [-0.39, 0.29) is 52.8 Å². The summed E-state index contributed by atoms with van der Waals surface area (Å²) in [7, 11) is -3.41. The van der Waals surface area contributed by atoms with Crippen LogP contribution < -0.4 is 19.1 Å². The van der Waals surface area contributed by atoms with Gasteiger partial charge in [-0.25, -0.2) is 23.1 Å². The van der Waals surface area contributed by atoms with E-state index in [0.717, 1.165) is 24.0 Å². The van der Waals surface area contributed by atoms with E-state index in [2.05, 4.69) is 14.7 Å². The number of rotatable bonds is 11. The molecule has 1 aromatic heterocycles. The Morgan fingerprint density at radius 2 is 1.90 bits per heavy atom. The number of halogens is 4. The zero-order valence-electron chi connectivity index (χ0n) is 20.6. The van der Waals surface area contributed by atoms with Crippen molar-refractivity contribution in [3.63, 3.8) is 0 Å². The molecular weight excluding hydrogens is 559 g/mol. The maximum atomic E-state index is 13.5. The molecule has 0 spiro atoms. The SMILES string of the molecule is CS(=O)(=O)NCc1nccc(COc2ccc(N(CC(F)(F)F)c3cc(Cl)c(OC4CC4)c(C#N)c3)cc2)n1. The Labute approximate surface area is 228 Å². The molecule has 0 aliphatic heterocycles. The van der Waals surface area contributed by atoms with Crippen LogP contribution in [0, 0.1) is 11.3 Å². The van der Waals surface area contributed by atoms with Crippen LogP contribution >= 0.6 is 11.6 Å². The fraction of sp³-hybridized carbons (Fsp3) is 0.320. The van der Waals surface area contributed by atoms with Crippen molar-refractivity contribution in [2.75, 3.05) is 17.7 Å². The molecule has 206 valence electrons. The summed E-state index contributed by atoms with van der Waals surface area (Å²) in [6.07, 6.45) is -0.446.